The number of benzene rings is 3. The van der Waals surface area contributed by atoms with E-state index in [2.05, 4.69) is 5.16 Å². The Morgan fingerprint density at radius 2 is 1.56 bits per heavy atom. The molecule has 0 saturated heterocycles. The molecule has 0 aliphatic heterocycles. The lowest BCUT2D eigenvalue weighted by Gasteiger charge is -2.06. The van der Waals surface area contributed by atoms with Gasteiger partial charge in [0.2, 0.25) is 0 Å². The monoisotopic (exact) mass is 357 g/mol. The van der Waals surface area contributed by atoms with Crippen LogP contribution in [0, 0.1) is 6.92 Å². The van der Waals surface area contributed by atoms with E-state index in [9.17, 15) is 0 Å². The third-order valence-electron chi connectivity index (χ3n) is 4.07. The molecule has 0 N–H and O–H groups in total. The van der Waals surface area contributed by atoms with Gasteiger partial charge >= 0.3 is 0 Å². The maximum atomic E-state index is 5.88. The summed E-state index contributed by atoms with van der Waals surface area (Å²) in [6.45, 7) is 2.37. The Bertz CT molecular complexity index is 1010. The standard InChI is InChI=1S/C23H19NO3/c1-17-10-12-19(13-11-17)25-16-22-15-23(24-27-22)18-6-5-9-21(14-18)26-20-7-3-2-4-8-20/h2-15H,16H2,1H3. The van der Waals surface area contributed by atoms with Crippen LogP contribution < -0.4 is 9.47 Å². The van der Waals surface area contributed by atoms with Crippen molar-refractivity contribution in [3.8, 4) is 28.5 Å². The number of ether oxygens (including phenoxy) is 2. The molecule has 0 saturated carbocycles. The van der Waals surface area contributed by atoms with E-state index in [0.29, 0.717) is 12.4 Å². The predicted octanol–water partition coefficient (Wildman–Crippen LogP) is 6.02. The molecular weight excluding hydrogens is 338 g/mol. The Labute approximate surface area is 158 Å². The first-order valence-corrected chi connectivity index (χ1v) is 8.75. The third kappa shape index (κ3) is 4.36. The van der Waals surface area contributed by atoms with E-state index in [-0.39, 0.29) is 0 Å². The normalized spacial score (nSPS) is 10.6. The van der Waals surface area contributed by atoms with Crippen LogP contribution in [-0.2, 0) is 6.61 Å². The minimum atomic E-state index is 0.330. The predicted molar refractivity (Wildman–Crippen MR) is 104 cm³/mol. The van der Waals surface area contributed by atoms with Gasteiger partial charge in [-0.15, -0.1) is 0 Å². The van der Waals surface area contributed by atoms with E-state index in [0.717, 1.165) is 28.5 Å². The van der Waals surface area contributed by atoms with Crippen molar-refractivity contribution >= 4 is 0 Å². The number of hydrogen-bond acceptors (Lipinski definition) is 4. The molecule has 0 amide bonds. The van der Waals surface area contributed by atoms with Gasteiger partial charge in [0.25, 0.3) is 0 Å². The second-order valence-corrected chi connectivity index (χ2v) is 6.22. The first-order chi connectivity index (χ1) is 13.3. The molecule has 0 aliphatic rings. The van der Waals surface area contributed by atoms with E-state index >= 15 is 0 Å². The number of hydrogen-bond donors (Lipinski definition) is 0. The first-order valence-electron chi connectivity index (χ1n) is 8.75. The van der Waals surface area contributed by atoms with Gasteiger partial charge in [0.15, 0.2) is 5.76 Å². The Morgan fingerprint density at radius 1 is 0.778 bits per heavy atom. The summed E-state index contributed by atoms with van der Waals surface area (Å²) in [4.78, 5) is 0. The molecule has 4 heteroatoms. The van der Waals surface area contributed by atoms with Crippen LogP contribution in [0.4, 0.5) is 0 Å². The summed E-state index contributed by atoms with van der Waals surface area (Å²) in [7, 11) is 0. The molecule has 0 bridgehead atoms. The lowest BCUT2D eigenvalue weighted by molar-refractivity contribution is 0.249. The van der Waals surface area contributed by atoms with Gasteiger partial charge in [0.05, 0.1) is 0 Å². The second kappa shape index (κ2) is 7.79. The van der Waals surface area contributed by atoms with Crippen molar-refractivity contribution in [2.45, 2.75) is 13.5 Å². The van der Waals surface area contributed by atoms with Crippen LogP contribution in [0.2, 0.25) is 0 Å². The molecule has 0 spiro atoms. The molecule has 0 aliphatic carbocycles. The lowest BCUT2D eigenvalue weighted by atomic mass is 10.1. The SMILES string of the molecule is Cc1ccc(OCc2cc(-c3cccc(Oc4ccccc4)c3)no2)cc1. The number of para-hydroxylation sites is 1. The lowest BCUT2D eigenvalue weighted by Crippen LogP contribution is -1.93. The molecule has 4 nitrogen and oxygen atoms in total. The summed E-state index contributed by atoms with van der Waals surface area (Å²) in [5.74, 6) is 3.01. The minimum Gasteiger partial charge on any atom is -0.486 e. The van der Waals surface area contributed by atoms with Gasteiger partial charge in [-0.05, 0) is 43.3 Å². The molecule has 4 aromatic rings. The smallest absolute Gasteiger partial charge is 0.174 e. The first kappa shape index (κ1) is 16.9. The van der Waals surface area contributed by atoms with E-state index in [1.165, 1.54) is 5.56 Å². The molecule has 0 unspecified atom stereocenters. The quantitative estimate of drug-likeness (QED) is 0.423. The van der Waals surface area contributed by atoms with Gasteiger partial charge in [0, 0.05) is 11.6 Å². The van der Waals surface area contributed by atoms with Crippen LogP contribution in [0.1, 0.15) is 11.3 Å². The summed E-state index contributed by atoms with van der Waals surface area (Å²) in [6.07, 6.45) is 0. The van der Waals surface area contributed by atoms with Gasteiger partial charge in [-0.25, -0.2) is 0 Å². The average molecular weight is 357 g/mol. The highest BCUT2D eigenvalue weighted by Crippen LogP contribution is 2.27. The summed E-state index contributed by atoms with van der Waals surface area (Å²) in [5, 5.41) is 4.15. The molecule has 3 aromatic carbocycles. The zero-order chi connectivity index (χ0) is 18.5. The van der Waals surface area contributed by atoms with Crippen LogP contribution in [0.5, 0.6) is 17.2 Å². The Morgan fingerprint density at radius 3 is 2.37 bits per heavy atom. The zero-order valence-corrected chi connectivity index (χ0v) is 15.0. The van der Waals surface area contributed by atoms with Gasteiger partial charge in [-0.2, -0.15) is 0 Å². The largest absolute Gasteiger partial charge is 0.486 e. The summed E-state index contributed by atoms with van der Waals surface area (Å²) in [5.41, 5.74) is 2.87. The fourth-order valence-corrected chi connectivity index (χ4v) is 2.65. The Kier molecular flexibility index (Phi) is 4.88. The number of aryl methyl sites for hydroxylation is 1. The van der Waals surface area contributed by atoms with E-state index in [4.69, 9.17) is 14.0 Å². The van der Waals surface area contributed by atoms with Crippen molar-refractivity contribution in [1.82, 2.24) is 5.16 Å². The Balaban J connectivity index is 1.44. The zero-order valence-electron chi connectivity index (χ0n) is 15.0. The molecule has 1 heterocycles. The molecular formula is C23H19NO3. The van der Waals surface area contributed by atoms with Crippen molar-refractivity contribution in [3.05, 3.63) is 96.3 Å². The van der Waals surface area contributed by atoms with Gasteiger partial charge in [-0.1, -0.05) is 53.2 Å². The van der Waals surface area contributed by atoms with Crippen LogP contribution in [0.25, 0.3) is 11.3 Å². The van der Waals surface area contributed by atoms with E-state index < -0.39 is 0 Å². The topological polar surface area (TPSA) is 44.5 Å². The van der Waals surface area contributed by atoms with Crippen LogP contribution in [-0.4, -0.2) is 5.16 Å². The van der Waals surface area contributed by atoms with Crippen molar-refractivity contribution in [2.24, 2.45) is 0 Å². The highest BCUT2D eigenvalue weighted by molar-refractivity contribution is 5.61. The van der Waals surface area contributed by atoms with Crippen LogP contribution in [0.15, 0.2) is 89.5 Å². The second-order valence-electron chi connectivity index (χ2n) is 6.22. The van der Waals surface area contributed by atoms with Crippen molar-refractivity contribution in [2.75, 3.05) is 0 Å². The number of nitrogens with zero attached hydrogens (tertiary/aromatic N) is 1. The molecule has 0 fully saturated rings. The molecule has 1 aromatic heterocycles. The highest BCUT2D eigenvalue weighted by Gasteiger charge is 2.09. The van der Waals surface area contributed by atoms with Gasteiger partial charge in [-0.3, -0.25) is 0 Å². The number of rotatable bonds is 6. The minimum absolute atomic E-state index is 0.330. The molecule has 27 heavy (non-hydrogen) atoms. The van der Waals surface area contributed by atoms with Crippen LogP contribution in [0.3, 0.4) is 0 Å². The summed E-state index contributed by atoms with van der Waals surface area (Å²) < 4.78 is 17.0. The van der Waals surface area contributed by atoms with Crippen LogP contribution >= 0.6 is 0 Å². The maximum Gasteiger partial charge on any atom is 0.174 e. The van der Waals surface area contributed by atoms with Crippen molar-refractivity contribution in [3.63, 3.8) is 0 Å². The molecule has 4 rings (SSSR count). The number of aromatic nitrogens is 1. The fourth-order valence-electron chi connectivity index (χ4n) is 2.65. The fraction of sp³-hybridized carbons (Fsp3) is 0.0870. The highest BCUT2D eigenvalue weighted by atomic mass is 16.5. The maximum absolute atomic E-state index is 5.88. The summed E-state index contributed by atoms with van der Waals surface area (Å²) in [6, 6.07) is 27.2. The van der Waals surface area contributed by atoms with Crippen molar-refractivity contribution in [1.29, 1.82) is 0 Å². The van der Waals surface area contributed by atoms with E-state index in [1.807, 2.05) is 91.9 Å². The van der Waals surface area contributed by atoms with E-state index in [1.54, 1.807) is 0 Å². The Hall–Kier alpha value is -3.53. The van der Waals surface area contributed by atoms with Gasteiger partial charge in [0.1, 0.15) is 29.5 Å². The van der Waals surface area contributed by atoms with Gasteiger partial charge < -0.3 is 14.0 Å². The van der Waals surface area contributed by atoms with Crippen molar-refractivity contribution < 1.29 is 14.0 Å². The molecule has 0 atom stereocenters. The molecule has 0 radical (unpaired) electrons. The third-order valence-corrected chi connectivity index (χ3v) is 4.07. The average Bonchev–Trinajstić information content (AvgIpc) is 3.18. The summed E-state index contributed by atoms with van der Waals surface area (Å²) >= 11 is 0. The molecule has 134 valence electrons.